The van der Waals surface area contributed by atoms with E-state index in [4.69, 9.17) is 0 Å². The minimum Gasteiger partial charge on any atom is -0.317 e. The molecule has 6 heteroatoms. The molecule has 0 aliphatic heterocycles. The van der Waals surface area contributed by atoms with Gasteiger partial charge in [-0.25, -0.2) is 4.98 Å². The van der Waals surface area contributed by atoms with Crippen LogP contribution in [0.15, 0.2) is 17.6 Å². The lowest BCUT2D eigenvalue weighted by atomic mass is 10.4. The first-order chi connectivity index (χ1) is 5.43. The van der Waals surface area contributed by atoms with E-state index in [9.17, 15) is 12.3 Å². The van der Waals surface area contributed by atoms with E-state index in [1.807, 2.05) is 0 Å². The van der Waals surface area contributed by atoms with E-state index in [0.29, 0.717) is 0 Å². The maximum Gasteiger partial charge on any atom is 0.366 e. The van der Waals surface area contributed by atoms with Crippen molar-refractivity contribution in [2.45, 2.75) is 25.0 Å². The van der Waals surface area contributed by atoms with Crippen LogP contribution >= 0.6 is 0 Å². The Labute approximate surface area is 70.3 Å². The van der Waals surface area contributed by atoms with Crippen molar-refractivity contribution in [3.8, 4) is 0 Å². The summed E-state index contributed by atoms with van der Waals surface area (Å²) in [6.45, 7) is 3.49. The molecule has 0 unspecified atom stereocenters. The Morgan fingerprint density at radius 3 is 2.50 bits per heavy atom. The predicted octanol–water partition coefficient (Wildman–Crippen LogP) is 1.12. The molecule has 68 valence electrons. The second-order valence-electron chi connectivity index (χ2n) is 2.65. The molecule has 0 N–H and O–H groups in total. The van der Waals surface area contributed by atoms with Gasteiger partial charge in [-0.2, -0.15) is 8.42 Å². The minimum absolute atomic E-state index is 0.118. The lowest BCUT2D eigenvalue weighted by Crippen LogP contribution is -2.08. The maximum absolute atomic E-state index is 12.5. The topological polar surface area (TPSA) is 52.0 Å². The molecule has 0 spiro atoms. The quantitative estimate of drug-likeness (QED) is 0.660. The van der Waals surface area contributed by atoms with Crippen molar-refractivity contribution in [1.29, 1.82) is 0 Å². The average molecular weight is 192 g/mol. The summed E-state index contributed by atoms with van der Waals surface area (Å²) in [6, 6.07) is -0.118. The molecule has 0 bridgehead atoms. The Bertz CT molecular complexity index is 369. The minimum atomic E-state index is -4.68. The molecule has 0 aliphatic carbocycles. The highest BCUT2D eigenvalue weighted by atomic mass is 32.3. The third kappa shape index (κ3) is 1.63. The zero-order valence-corrected chi connectivity index (χ0v) is 7.55. The van der Waals surface area contributed by atoms with E-state index in [0.717, 1.165) is 0 Å². The fourth-order valence-electron chi connectivity index (χ4n) is 0.881. The summed E-state index contributed by atoms with van der Waals surface area (Å²) >= 11 is 0. The van der Waals surface area contributed by atoms with Crippen LogP contribution in [0.5, 0.6) is 0 Å². The number of nitrogens with zero attached hydrogens (tertiary/aromatic N) is 2. The summed E-state index contributed by atoms with van der Waals surface area (Å²) in [6.07, 6.45) is 2.68. The normalized spacial score (nSPS) is 12.3. The Balaban J connectivity index is 3.26. The van der Waals surface area contributed by atoms with Gasteiger partial charge >= 0.3 is 10.2 Å². The van der Waals surface area contributed by atoms with Crippen molar-refractivity contribution in [1.82, 2.24) is 9.55 Å². The molecule has 0 saturated heterocycles. The zero-order chi connectivity index (χ0) is 9.35. The summed E-state index contributed by atoms with van der Waals surface area (Å²) in [5.41, 5.74) is 0. The van der Waals surface area contributed by atoms with Crippen molar-refractivity contribution in [3.63, 3.8) is 0 Å². The number of hydrogen-bond acceptors (Lipinski definition) is 3. The Hall–Kier alpha value is -0.910. The summed E-state index contributed by atoms with van der Waals surface area (Å²) in [7, 11) is -4.68. The molecule has 0 atom stereocenters. The van der Waals surface area contributed by atoms with Crippen LogP contribution in [-0.2, 0) is 10.2 Å². The summed E-state index contributed by atoms with van der Waals surface area (Å²) in [5, 5.41) is -0.530. The first kappa shape index (κ1) is 9.18. The fraction of sp³-hybridized carbons (Fsp3) is 0.500. The van der Waals surface area contributed by atoms with Crippen LogP contribution in [-0.4, -0.2) is 18.0 Å². The number of halogens is 1. The van der Waals surface area contributed by atoms with Crippen LogP contribution in [0.4, 0.5) is 3.89 Å². The highest BCUT2D eigenvalue weighted by Crippen LogP contribution is 2.14. The van der Waals surface area contributed by atoms with Crippen molar-refractivity contribution in [2.75, 3.05) is 0 Å². The van der Waals surface area contributed by atoms with E-state index in [2.05, 4.69) is 4.98 Å². The van der Waals surface area contributed by atoms with Crippen LogP contribution < -0.4 is 0 Å². The molecule has 0 aliphatic rings. The number of hydrogen-bond donors (Lipinski definition) is 0. The van der Waals surface area contributed by atoms with Gasteiger partial charge in [0.15, 0.2) is 0 Å². The lowest BCUT2D eigenvalue weighted by molar-refractivity contribution is 0.496. The van der Waals surface area contributed by atoms with Crippen LogP contribution in [0.1, 0.15) is 19.9 Å². The van der Waals surface area contributed by atoms with Crippen molar-refractivity contribution < 1.29 is 12.3 Å². The van der Waals surface area contributed by atoms with Gasteiger partial charge < -0.3 is 4.57 Å². The zero-order valence-electron chi connectivity index (χ0n) is 6.73. The van der Waals surface area contributed by atoms with Gasteiger partial charge in [0.25, 0.3) is 5.16 Å². The van der Waals surface area contributed by atoms with Gasteiger partial charge in [-0.1, -0.05) is 3.89 Å². The van der Waals surface area contributed by atoms with Crippen LogP contribution in [0.25, 0.3) is 0 Å². The van der Waals surface area contributed by atoms with E-state index >= 15 is 0 Å². The van der Waals surface area contributed by atoms with E-state index in [1.54, 1.807) is 13.8 Å². The summed E-state index contributed by atoms with van der Waals surface area (Å²) in [4.78, 5) is 3.41. The second-order valence-corrected chi connectivity index (χ2v) is 3.89. The molecule has 1 rings (SSSR count). The number of rotatable bonds is 2. The van der Waals surface area contributed by atoms with Crippen LogP contribution in [0, 0.1) is 0 Å². The van der Waals surface area contributed by atoms with E-state index in [-0.39, 0.29) is 6.04 Å². The number of imidazole rings is 1. The largest absolute Gasteiger partial charge is 0.366 e. The third-order valence-electron chi connectivity index (χ3n) is 1.41. The highest BCUT2D eigenvalue weighted by Gasteiger charge is 2.19. The molecule has 4 nitrogen and oxygen atoms in total. The van der Waals surface area contributed by atoms with E-state index < -0.39 is 15.4 Å². The first-order valence-electron chi connectivity index (χ1n) is 3.40. The molecular weight excluding hydrogens is 183 g/mol. The third-order valence-corrected chi connectivity index (χ3v) is 2.16. The summed E-state index contributed by atoms with van der Waals surface area (Å²) < 4.78 is 34.7. The second kappa shape index (κ2) is 2.85. The monoisotopic (exact) mass is 192 g/mol. The highest BCUT2D eigenvalue weighted by molar-refractivity contribution is 7.86. The summed E-state index contributed by atoms with van der Waals surface area (Å²) in [5.74, 6) is 0. The molecule has 1 aromatic heterocycles. The molecule has 1 heterocycles. The van der Waals surface area contributed by atoms with Gasteiger partial charge in [-0.3, -0.25) is 0 Å². The number of aromatic nitrogens is 2. The molecule has 0 saturated carbocycles. The smallest absolute Gasteiger partial charge is 0.317 e. The van der Waals surface area contributed by atoms with Gasteiger partial charge in [0.1, 0.15) is 0 Å². The molecule has 0 amide bonds. The molecule has 12 heavy (non-hydrogen) atoms. The molecule has 0 fully saturated rings. The van der Waals surface area contributed by atoms with Crippen molar-refractivity contribution >= 4 is 10.2 Å². The molecule has 0 radical (unpaired) electrons. The van der Waals surface area contributed by atoms with Crippen LogP contribution in [0.2, 0.25) is 0 Å². The molecule has 1 aromatic rings. The van der Waals surface area contributed by atoms with Crippen LogP contribution in [0.3, 0.4) is 0 Å². The van der Waals surface area contributed by atoms with Crippen molar-refractivity contribution in [3.05, 3.63) is 12.4 Å². The van der Waals surface area contributed by atoms with Gasteiger partial charge in [0.05, 0.1) is 0 Å². The first-order valence-corrected chi connectivity index (χ1v) is 4.79. The average Bonchev–Trinajstić information content (AvgIpc) is 2.30. The fourth-order valence-corrected chi connectivity index (χ4v) is 1.59. The van der Waals surface area contributed by atoms with Gasteiger partial charge in [-0.05, 0) is 13.8 Å². The van der Waals surface area contributed by atoms with Gasteiger partial charge in [0, 0.05) is 18.4 Å². The Morgan fingerprint density at radius 1 is 1.58 bits per heavy atom. The maximum atomic E-state index is 12.5. The SMILES string of the molecule is CC(C)n1ccnc1S(=O)(=O)F. The van der Waals surface area contributed by atoms with E-state index in [1.165, 1.54) is 17.0 Å². The molecule has 0 aromatic carbocycles. The van der Waals surface area contributed by atoms with Gasteiger partial charge in [-0.15, -0.1) is 0 Å². The van der Waals surface area contributed by atoms with Crippen molar-refractivity contribution in [2.24, 2.45) is 0 Å². The van der Waals surface area contributed by atoms with Gasteiger partial charge in [0.2, 0.25) is 0 Å². The molecular formula is C6H9FN2O2S. The predicted molar refractivity (Wildman–Crippen MR) is 40.9 cm³/mol. The lowest BCUT2D eigenvalue weighted by Gasteiger charge is -2.07. The Kier molecular flexibility index (Phi) is 2.18. The standard InChI is InChI=1S/C6H9FN2O2S/c1-5(2)9-4-3-8-6(9)12(7,10)11/h3-5H,1-2H3. The Morgan fingerprint density at radius 2 is 2.17 bits per heavy atom.